The maximum atomic E-state index is 12.7. The van der Waals surface area contributed by atoms with Crippen LogP contribution in [-0.2, 0) is 16.0 Å². The van der Waals surface area contributed by atoms with Gasteiger partial charge in [-0.05, 0) is 56.2 Å². The number of hydrogen-bond acceptors (Lipinski definition) is 4. The predicted molar refractivity (Wildman–Crippen MR) is 104 cm³/mol. The molecular formula is C20H25N3O2S. The van der Waals surface area contributed by atoms with Gasteiger partial charge in [-0.3, -0.25) is 9.59 Å². The summed E-state index contributed by atoms with van der Waals surface area (Å²) in [6.07, 6.45) is 7.03. The summed E-state index contributed by atoms with van der Waals surface area (Å²) in [7, 11) is 0. The van der Waals surface area contributed by atoms with Crippen molar-refractivity contribution >= 4 is 38.5 Å². The molecule has 1 atom stereocenters. The number of carbonyl (C=O) groups excluding carboxylic acids is 2. The number of benzene rings is 1. The van der Waals surface area contributed by atoms with Crippen molar-refractivity contribution in [3.05, 3.63) is 23.8 Å². The van der Waals surface area contributed by atoms with E-state index >= 15 is 0 Å². The molecule has 1 aromatic heterocycles. The molecule has 1 unspecified atom stereocenters. The zero-order chi connectivity index (χ0) is 18.1. The van der Waals surface area contributed by atoms with Crippen molar-refractivity contribution < 1.29 is 9.59 Å². The third-order valence-corrected chi connectivity index (χ3v) is 6.20. The molecule has 1 aliphatic carbocycles. The van der Waals surface area contributed by atoms with Crippen molar-refractivity contribution in [2.45, 2.75) is 57.9 Å². The van der Waals surface area contributed by atoms with Crippen LogP contribution in [-0.4, -0.2) is 34.3 Å². The summed E-state index contributed by atoms with van der Waals surface area (Å²) in [6.45, 7) is 2.90. The maximum absolute atomic E-state index is 12.7. The highest BCUT2D eigenvalue weighted by molar-refractivity contribution is 7.22. The number of nitrogens with zero attached hydrogens (tertiary/aromatic N) is 2. The van der Waals surface area contributed by atoms with E-state index < -0.39 is 0 Å². The van der Waals surface area contributed by atoms with Gasteiger partial charge in [-0.1, -0.05) is 30.7 Å². The van der Waals surface area contributed by atoms with Crippen LogP contribution in [0.1, 0.15) is 51.0 Å². The molecule has 0 bridgehead atoms. The third-order valence-electron chi connectivity index (χ3n) is 5.27. The zero-order valence-electron chi connectivity index (χ0n) is 15.2. The first kappa shape index (κ1) is 17.5. The molecule has 1 saturated carbocycles. The van der Waals surface area contributed by atoms with Crippen molar-refractivity contribution in [1.82, 2.24) is 9.88 Å². The monoisotopic (exact) mass is 371 g/mol. The van der Waals surface area contributed by atoms with Gasteiger partial charge in [0, 0.05) is 12.5 Å². The van der Waals surface area contributed by atoms with Crippen LogP contribution in [0.3, 0.4) is 0 Å². The maximum Gasteiger partial charge on any atom is 0.248 e. The number of hydrogen-bond donors (Lipinski definition) is 1. The molecule has 0 spiro atoms. The summed E-state index contributed by atoms with van der Waals surface area (Å²) in [5.41, 5.74) is 2.24. The minimum absolute atomic E-state index is 0.0956. The predicted octanol–water partition coefficient (Wildman–Crippen LogP) is 3.98. The SMILES string of the molecule is CCCCc1ccc2nc(NC(=O)C3CCCN3C(=O)C3CC3)sc2c1. The second kappa shape index (κ2) is 7.35. The van der Waals surface area contributed by atoms with Crippen LogP contribution in [0.2, 0.25) is 0 Å². The Labute approximate surface area is 157 Å². The first-order chi connectivity index (χ1) is 12.7. The number of nitrogens with one attached hydrogen (secondary N) is 1. The molecule has 1 N–H and O–H groups in total. The molecule has 1 aliphatic heterocycles. The van der Waals surface area contributed by atoms with Gasteiger partial charge in [0.25, 0.3) is 0 Å². The van der Waals surface area contributed by atoms with Gasteiger partial charge < -0.3 is 10.2 Å². The quantitative estimate of drug-likeness (QED) is 0.835. The lowest BCUT2D eigenvalue weighted by molar-refractivity contribution is -0.137. The molecule has 4 rings (SSSR count). The van der Waals surface area contributed by atoms with Crippen LogP contribution in [0.25, 0.3) is 10.2 Å². The molecule has 2 aliphatic rings. The molecule has 2 heterocycles. The summed E-state index contributed by atoms with van der Waals surface area (Å²) in [5.74, 6) is 0.224. The van der Waals surface area contributed by atoms with E-state index in [1.165, 1.54) is 29.7 Å². The number of unbranched alkanes of at least 4 members (excludes halogenated alkanes) is 1. The highest BCUT2D eigenvalue weighted by Gasteiger charge is 2.41. The lowest BCUT2D eigenvalue weighted by atomic mass is 10.1. The van der Waals surface area contributed by atoms with Gasteiger partial charge >= 0.3 is 0 Å². The number of likely N-dealkylation sites (tertiary alicyclic amines) is 1. The van der Waals surface area contributed by atoms with Crippen LogP contribution >= 0.6 is 11.3 Å². The second-order valence-corrected chi connectivity index (χ2v) is 8.41. The van der Waals surface area contributed by atoms with Gasteiger partial charge in [-0.25, -0.2) is 4.98 Å². The Morgan fingerprint density at radius 3 is 2.92 bits per heavy atom. The number of rotatable bonds is 6. The average Bonchev–Trinajstić information content (AvgIpc) is 3.23. The highest BCUT2D eigenvalue weighted by Crippen LogP contribution is 2.34. The first-order valence-electron chi connectivity index (χ1n) is 9.66. The van der Waals surface area contributed by atoms with Gasteiger partial charge in [0.2, 0.25) is 11.8 Å². The first-order valence-corrected chi connectivity index (χ1v) is 10.5. The minimum atomic E-state index is -0.338. The molecule has 6 heteroatoms. The Balaban J connectivity index is 1.45. The van der Waals surface area contributed by atoms with E-state index in [-0.39, 0.29) is 23.8 Å². The van der Waals surface area contributed by atoms with Gasteiger partial charge in [0.05, 0.1) is 10.2 Å². The number of amides is 2. The second-order valence-electron chi connectivity index (χ2n) is 7.38. The van der Waals surface area contributed by atoms with Crippen molar-refractivity contribution in [2.75, 3.05) is 11.9 Å². The van der Waals surface area contributed by atoms with Crippen LogP contribution in [0.5, 0.6) is 0 Å². The smallest absolute Gasteiger partial charge is 0.248 e. The van der Waals surface area contributed by atoms with E-state index in [9.17, 15) is 9.59 Å². The van der Waals surface area contributed by atoms with Crippen LogP contribution in [0.15, 0.2) is 18.2 Å². The standard InChI is InChI=1S/C20H25N3O2S/c1-2-3-5-13-7-10-15-17(12-13)26-20(21-15)22-18(24)16-6-4-11-23(16)19(25)14-8-9-14/h7,10,12,14,16H,2-6,8-9,11H2,1H3,(H,21,22,24). The molecule has 2 fully saturated rings. The topological polar surface area (TPSA) is 62.3 Å². The van der Waals surface area contributed by atoms with E-state index in [0.29, 0.717) is 11.7 Å². The van der Waals surface area contributed by atoms with Gasteiger partial charge in [-0.2, -0.15) is 0 Å². The molecule has 5 nitrogen and oxygen atoms in total. The molecule has 2 amide bonds. The fraction of sp³-hybridized carbons (Fsp3) is 0.550. The van der Waals surface area contributed by atoms with Gasteiger partial charge in [0.1, 0.15) is 6.04 Å². The van der Waals surface area contributed by atoms with Crippen LogP contribution in [0.4, 0.5) is 5.13 Å². The Morgan fingerprint density at radius 1 is 1.31 bits per heavy atom. The van der Waals surface area contributed by atoms with Crippen molar-refractivity contribution in [2.24, 2.45) is 5.92 Å². The molecule has 0 radical (unpaired) electrons. The van der Waals surface area contributed by atoms with E-state index in [0.717, 1.165) is 42.3 Å². The fourth-order valence-corrected chi connectivity index (χ4v) is 4.55. The normalized spacial score (nSPS) is 19.9. The van der Waals surface area contributed by atoms with Crippen molar-refractivity contribution in [3.63, 3.8) is 0 Å². The number of fused-ring (bicyclic) bond motifs is 1. The Kier molecular flexibility index (Phi) is 4.94. The molecule has 1 saturated heterocycles. The van der Waals surface area contributed by atoms with Crippen molar-refractivity contribution in [3.8, 4) is 0 Å². The Bertz CT molecular complexity index is 828. The van der Waals surface area contributed by atoms with E-state index in [2.05, 4.69) is 29.4 Å². The number of aromatic nitrogens is 1. The molecule has 138 valence electrons. The highest BCUT2D eigenvalue weighted by atomic mass is 32.1. The summed E-state index contributed by atoms with van der Waals surface area (Å²) < 4.78 is 1.10. The zero-order valence-corrected chi connectivity index (χ0v) is 16.0. The van der Waals surface area contributed by atoms with E-state index in [4.69, 9.17) is 0 Å². The number of aryl methyl sites for hydroxylation is 1. The number of thiazole rings is 1. The van der Waals surface area contributed by atoms with Crippen LogP contribution < -0.4 is 5.32 Å². The lowest BCUT2D eigenvalue weighted by Gasteiger charge is -2.23. The molecule has 26 heavy (non-hydrogen) atoms. The van der Waals surface area contributed by atoms with Gasteiger partial charge in [0.15, 0.2) is 5.13 Å². The van der Waals surface area contributed by atoms with Crippen LogP contribution in [0, 0.1) is 5.92 Å². The number of anilines is 1. The summed E-state index contributed by atoms with van der Waals surface area (Å²) in [5, 5.41) is 3.58. The summed E-state index contributed by atoms with van der Waals surface area (Å²) in [4.78, 5) is 31.4. The number of carbonyl (C=O) groups is 2. The lowest BCUT2D eigenvalue weighted by Crippen LogP contribution is -2.43. The average molecular weight is 372 g/mol. The molecule has 2 aromatic rings. The minimum Gasteiger partial charge on any atom is -0.330 e. The summed E-state index contributed by atoms with van der Waals surface area (Å²) in [6, 6.07) is 5.99. The van der Waals surface area contributed by atoms with E-state index in [1.54, 1.807) is 4.90 Å². The van der Waals surface area contributed by atoms with Crippen molar-refractivity contribution in [1.29, 1.82) is 0 Å². The van der Waals surface area contributed by atoms with E-state index in [1.807, 2.05) is 6.07 Å². The third kappa shape index (κ3) is 3.61. The fourth-order valence-electron chi connectivity index (χ4n) is 3.62. The van der Waals surface area contributed by atoms with Gasteiger partial charge in [-0.15, -0.1) is 0 Å². The Hall–Kier alpha value is -1.95. The summed E-state index contributed by atoms with van der Waals surface area (Å²) >= 11 is 1.51. The molecule has 1 aromatic carbocycles. The Morgan fingerprint density at radius 2 is 2.15 bits per heavy atom. The largest absolute Gasteiger partial charge is 0.330 e. The molecular weight excluding hydrogens is 346 g/mol.